The molecule has 3 heterocycles. The van der Waals surface area contributed by atoms with E-state index in [-0.39, 0.29) is 6.04 Å². The van der Waals surface area contributed by atoms with Crippen LogP contribution in [0.1, 0.15) is 46.3 Å². The molecule has 2 N–H and O–H groups in total. The van der Waals surface area contributed by atoms with Gasteiger partial charge < -0.3 is 15.1 Å². The first-order chi connectivity index (χ1) is 15.1. The van der Waals surface area contributed by atoms with Gasteiger partial charge in [-0.05, 0) is 49.8 Å². The number of aryl methyl sites for hydroxylation is 2. The number of nitrogens with one attached hydrogen (secondary N) is 2. The molecule has 164 valence electrons. The summed E-state index contributed by atoms with van der Waals surface area (Å²) in [5.74, 6) is 2.28. The maximum Gasteiger partial charge on any atom is 0.216 e. The van der Waals surface area contributed by atoms with Crippen LogP contribution in [0.25, 0.3) is 0 Å². The second kappa shape index (κ2) is 10.1. The SMILES string of the molecule is CCNC(=NCc1nc(C)c(C)o1)NCC(c1ccccc1)N1CCc2sccc2C1. The van der Waals surface area contributed by atoms with Crippen molar-refractivity contribution in [2.75, 3.05) is 19.6 Å². The van der Waals surface area contributed by atoms with E-state index in [9.17, 15) is 0 Å². The van der Waals surface area contributed by atoms with Crippen molar-refractivity contribution in [1.29, 1.82) is 0 Å². The normalized spacial score (nSPS) is 15.5. The molecule has 0 spiro atoms. The van der Waals surface area contributed by atoms with Crippen LogP contribution in [0.15, 0.2) is 51.2 Å². The van der Waals surface area contributed by atoms with Gasteiger partial charge in [0.05, 0.1) is 11.7 Å². The lowest BCUT2D eigenvalue weighted by Gasteiger charge is -2.35. The quantitative estimate of drug-likeness (QED) is 0.428. The van der Waals surface area contributed by atoms with Crippen LogP contribution in [-0.2, 0) is 19.5 Å². The second-order valence-electron chi connectivity index (χ2n) is 7.84. The van der Waals surface area contributed by atoms with Crippen LogP contribution in [0, 0.1) is 13.8 Å². The Labute approximate surface area is 188 Å². The van der Waals surface area contributed by atoms with E-state index < -0.39 is 0 Å². The van der Waals surface area contributed by atoms with Crippen LogP contribution < -0.4 is 10.6 Å². The molecule has 7 heteroatoms. The van der Waals surface area contributed by atoms with Gasteiger partial charge in [0.15, 0.2) is 5.96 Å². The molecule has 0 amide bonds. The zero-order chi connectivity index (χ0) is 21.6. The van der Waals surface area contributed by atoms with Crippen molar-refractivity contribution in [3.8, 4) is 0 Å². The monoisotopic (exact) mass is 437 g/mol. The van der Waals surface area contributed by atoms with E-state index >= 15 is 0 Å². The lowest BCUT2D eigenvalue weighted by molar-refractivity contribution is 0.181. The molecule has 2 aromatic heterocycles. The van der Waals surface area contributed by atoms with Gasteiger partial charge in [-0.3, -0.25) is 4.90 Å². The minimum absolute atomic E-state index is 0.268. The first-order valence-corrected chi connectivity index (χ1v) is 11.8. The Kier molecular flexibility index (Phi) is 7.04. The molecule has 1 unspecified atom stereocenters. The molecule has 0 aliphatic carbocycles. The summed E-state index contributed by atoms with van der Waals surface area (Å²) in [6, 6.07) is 13.3. The van der Waals surface area contributed by atoms with Crippen molar-refractivity contribution < 1.29 is 4.42 Å². The average molecular weight is 438 g/mol. The molecule has 0 radical (unpaired) electrons. The zero-order valence-electron chi connectivity index (χ0n) is 18.5. The first-order valence-electron chi connectivity index (χ1n) is 10.9. The van der Waals surface area contributed by atoms with Crippen molar-refractivity contribution in [3.63, 3.8) is 0 Å². The number of nitrogens with zero attached hydrogens (tertiary/aromatic N) is 3. The molecule has 1 aromatic carbocycles. The molecule has 3 aromatic rings. The fourth-order valence-electron chi connectivity index (χ4n) is 3.96. The largest absolute Gasteiger partial charge is 0.444 e. The Balaban J connectivity index is 1.48. The lowest BCUT2D eigenvalue weighted by Crippen LogP contribution is -2.44. The molecule has 6 nitrogen and oxygen atoms in total. The van der Waals surface area contributed by atoms with E-state index in [0.29, 0.717) is 12.4 Å². The predicted octanol–water partition coefficient (Wildman–Crippen LogP) is 4.21. The standard InChI is InChI=1S/C24H31N5OS/c1-4-25-24(27-15-23-28-17(2)18(3)30-23)26-14-21(19-8-6-5-7-9-19)29-12-10-22-20(16-29)11-13-31-22/h5-9,11,13,21H,4,10,12,14-16H2,1-3H3,(H2,25,26,27). The fraction of sp³-hybridized carbons (Fsp3) is 0.417. The van der Waals surface area contributed by atoms with Crippen LogP contribution in [0.5, 0.6) is 0 Å². The van der Waals surface area contributed by atoms with Crippen LogP contribution >= 0.6 is 11.3 Å². The smallest absolute Gasteiger partial charge is 0.216 e. The van der Waals surface area contributed by atoms with Gasteiger partial charge in [0.2, 0.25) is 5.89 Å². The predicted molar refractivity (Wildman–Crippen MR) is 126 cm³/mol. The molecule has 1 atom stereocenters. The highest BCUT2D eigenvalue weighted by Gasteiger charge is 2.25. The van der Waals surface area contributed by atoms with Crippen molar-refractivity contribution in [2.24, 2.45) is 4.99 Å². The van der Waals surface area contributed by atoms with Crippen molar-refractivity contribution in [1.82, 2.24) is 20.5 Å². The highest BCUT2D eigenvalue weighted by molar-refractivity contribution is 7.10. The maximum atomic E-state index is 5.68. The third-order valence-electron chi connectivity index (χ3n) is 5.71. The summed E-state index contributed by atoms with van der Waals surface area (Å²) in [6.45, 7) is 10.0. The van der Waals surface area contributed by atoms with Crippen LogP contribution in [0.4, 0.5) is 0 Å². The van der Waals surface area contributed by atoms with Gasteiger partial charge in [-0.1, -0.05) is 30.3 Å². The van der Waals surface area contributed by atoms with E-state index in [0.717, 1.165) is 50.0 Å². The molecule has 4 rings (SSSR count). The molecule has 0 saturated carbocycles. The third-order valence-corrected chi connectivity index (χ3v) is 6.74. The van der Waals surface area contributed by atoms with Gasteiger partial charge in [0.25, 0.3) is 0 Å². The summed E-state index contributed by atoms with van der Waals surface area (Å²) in [5.41, 5.74) is 3.71. The summed E-state index contributed by atoms with van der Waals surface area (Å²) in [4.78, 5) is 13.2. The highest BCUT2D eigenvalue weighted by atomic mass is 32.1. The number of thiophene rings is 1. The molecular weight excluding hydrogens is 406 g/mol. The Bertz CT molecular complexity index is 991. The van der Waals surface area contributed by atoms with E-state index in [2.05, 4.69) is 69.2 Å². The van der Waals surface area contributed by atoms with Gasteiger partial charge in [0.1, 0.15) is 12.3 Å². The number of rotatable bonds is 7. The zero-order valence-corrected chi connectivity index (χ0v) is 19.3. The Morgan fingerprint density at radius 2 is 2.06 bits per heavy atom. The van der Waals surface area contributed by atoms with Gasteiger partial charge >= 0.3 is 0 Å². The van der Waals surface area contributed by atoms with Crippen LogP contribution in [0.2, 0.25) is 0 Å². The van der Waals surface area contributed by atoms with Crippen molar-refractivity contribution in [2.45, 2.75) is 46.3 Å². The van der Waals surface area contributed by atoms with Crippen LogP contribution in [-0.4, -0.2) is 35.5 Å². The number of benzene rings is 1. The average Bonchev–Trinajstić information content (AvgIpc) is 3.38. The van der Waals surface area contributed by atoms with Gasteiger partial charge in [-0.25, -0.2) is 9.98 Å². The molecular formula is C24H31N5OS. The van der Waals surface area contributed by atoms with E-state index in [1.165, 1.54) is 16.0 Å². The van der Waals surface area contributed by atoms with Crippen molar-refractivity contribution in [3.05, 3.63) is 75.1 Å². The molecule has 0 bridgehead atoms. The number of hydrogen-bond acceptors (Lipinski definition) is 5. The minimum Gasteiger partial charge on any atom is -0.444 e. The Hall–Kier alpha value is -2.64. The van der Waals surface area contributed by atoms with E-state index in [1.807, 2.05) is 25.2 Å². The maximum absolute atomic E-state index is 5.68. The number of fused-ring (bicyclic) bond motifs is 1. The number of aliphatic imine (C=N–C) groups is 1. The van der Waals surface area contributed by atoms with Gasteiger partial charge in [0, 0.05) is 31.1 Å². The second-order valence-corrected chi connectivity index (χ2v) is 8.84. The highest BCUT2D eigenvalue weighted by Crippen LogP contribution is 2.30. The number of hydrogen-bond donors (Lipinski definition) is 2. The lowest BCUT2D eigenvalue weighted by atomic mass is 10.0. The number of aromatic nitrogens is 1. The summed E-state index contributed by atoms with van der Waals surface area (Å²) < 4.78 is 5.68. The summed E-state index contributed by atoms with van der Waals surface area (Å²) in [7, 11) is 0. The summed E-state index contributed by atoms with van der Waals surface area (Å²) in [5, 5.41) is 9.12. The number of oxazole rings is 1. The Morgan fingerprint density at radius 3 is 2.81 bits per heavy atom. The molecule has 1 aliphatic rings. The molecule has 0 saturated heterocycles. The molecule has 1 aliphatic heterocycles. The topological polar surface area (TPSA) is 65.7 Å². The van der Waals surface area contributed by atoms with Gasteiger partial charge in [-0.15, -0.1) is 11.3 Å². The fourth-order valence-corrected chi connectivity index (χ4v) is 4.85. The molecule has 0 fully saturated rings. The van der Waals surface area contributed by atoms with E-state index in [4.69, 9.17) is 9.41 Å². The summed E-state index contributed by atoms with van der Waals surface area (Å²) in [6.07, 6.45) is 1.12. The van der Waals surface area contributed by atoms with Crippen LogP contribution in [0.3, 0.4) is 0 Å². The van der Waals surface area contributed by atoms with Crippen molar-refractivity contribution >= 4 is 17.3 Å². The third kappa shape index (κ3) is 5.35. The van der Waals surface area contributed by atoms with E-state index in [1.54, 1.807) is 0 Å². The summed E-state index contributed by atoms with van der Waals surface area (Å²) >= 11 is 1.88. The Morgan fingerprint density at radius 1 is 1.23 bits per heavy atom. The number of guanidine groups is 1. The first kappa shape index (κ1) is 21.6. The molecule has 31 heavy (non-hydrogen) atoms. The minimum atomic E-state index is 0.268. The van der Waals surface area contributed by atoms with Gasteiger partial charge in [-0.2, -0.15) is 0 Å².